The summed E-state index contributed by atoms with van der Waals surface area (Å²) in [6.07, 6.45) is 2.70. The Kier molecular flexibility index (Phi) is 9.91. The summed E-state index contributed by atoms with van der Waals surface area (Å²) in [6.45, 7) is 4.38. The molecule has 0 bridgehead atoms. The molecular formula is C19H28IN5. The number of benzene rings is 1. The van der Waals surface area contributed by atoms with Crippen molar-refractivity contribution in [1.82, 2.24) is 15.6 Å². The van der Waals surface area contributed by atoms with E-state index in [4.69, 9.17) is 0 Å². The van der Waals surface area contributed by atoms with Gasteiger partial charge in [-0.3, -0.25) is 4.98 Å². The van der Waals surface area contributed by atoms with Crippen molar-refractivity contribution in [2.75, 3.05) is 32.1 Å². The van der Waals surface area contributed by atoms with Crippen LogP contribution in [-0.2, 0) is 13.0 Å². The van der Waals surface area contributed by atoms with Gasteiger partial charge in [0, 0.05) is 51.2 Å². The Labute approximate surface area is 168 Å². The van der Waals surface area contributed by atoms with Crippen molar-refractivity contribution in [3.8, 4) is 0 Å². The highest BCUT2D eigenvalue weighted by atomic mass is 127. The van der Waals surface area contributed by atoms with Gasteiger partial charge in [-0.05, 0) is 36.8 Å². The first-order chi connectivity index (χ1) is 11.7. The van der Waals surface area contributed by atoms with Gasteiger partial charge in [-0.25, -0.2) is 4.99 Å². The van der Waals surface area contributed by atoms with Crippen molar-refractivity contribution in [3.05, 3.63) is 59.9 Å². The lowest BCUT2D eigenvalue weighted by Crippen LogP contribution is -2.38. The highest BCUT2D eigenvalue weighted by Crippen LogP contribution is 2.12. The van der Waals surface area contributed by atoms with Gasteiger partial charge in [0.25, 0.3) is 0 Å². The molecule has 1 aromatic carbocycles. The zero-order valence-electron chi connectivity index (χ0n) is 15.2. The minimum Gasteiger partial charge on any atom is -0.378 e. The summed E-state index contributed by atoms with van der Waals surface area (Å²) < 4.78 is 0. The fraction of sp³-hybridized carbons (Fsp3) is 0.368. The first-order valence-corrected chi connectivity index (χ1v) is 8.37. The molecule has 1 aromatic heterocycles. The molecule has 25 heavy (non-hydrogen) atoms. The van der Waals surface area contributed by atoms with E-state index in [0.29, 0.717) is 6.54 Å². The Morgan fingerprint density at radius 1 is 1.08 bits per heavy atom. The van der Waals surface area contributed by atoms with Crippen LogP contribution in [0.5, 0.6) is 0 Å². The zero-order chi connectivity index (χ0) is 17.2. The average Bonchev–Trinajstić information content (AvgIpc) is 2.61. The molecule has 0 aliphatic heterocycles. The molecule has 0 spiro atoms. The van der Waals surface area contributed by atoms with E-state index >= 15 is 0 Å². The van der Waals surface area contributed by atoms with Crippen LogP contribution in [0.3, 0.4) is 0 Å². The van der Waals surface area contributed by atoms with Crippen molar-refractivity contribution >= 4 is 35.6 Å². The Morgan fingerprint density at radius 2 is 1.84 bits per heavy atom. The van der Waals surface area contributed by atoms with Gasteiger partial charge in [-0.2, -0.15) is 0 Å². The summed E-state index contributed by atoms with van der Waals surface area (Å²) >= 11 is 0. The van der Waals surface area contributed by atoms with Crippen molar-refractivity contribution < 1.29 is 0 Å². The first kappa shape index (κ1) is 21.2. The van der Waals surface area contributed by atoms with Crippen molar-refractivity contribution in [3.63, 3.8) is 0 Å². The number of rotatable bonds is 7. The second-order valence-corrected chi connectivity index (χ2v) is 5.75. The maximum atomic E-state index is 4.65. The molecule has 0 saturated carbocycles. The van der Waals surface area contributed by atoms with E-state index in [2.05, 4.69) is 56.7 Å². The number of hydrogen-bond donors (Lipinski definition) is 2. The summed E-state index contributed by atoms with van der Waals surface area (Å²) in [5, 5.41) is 6.64. The van der Waals surface area contributed by atoms with E-state index in [0.717, 1.165) is 31.2 Å². The first-order valence-electron chi connectivity index (χ1n) is 8.37. The lowest BCUT2D eigenvalue weighted by molar-refractivity contribution is 0.788. The number of nitrogens with one attached hydrogen (secondary N) is 2. The minimum atomic E-state index is 0. The third-order valence-electron chi connectivity index (χ3n) is 3.62. The fourth-order valence-electron chi connectivity index (χ4n) is 2.27. The average molecular weight is 453 g/mol. The molecule has 0 aliphatic rings. The van der Waals surface area contributed by atoms with Gasteiger partial charge in [0.15, 0.2) is 5.96 Å². The topological polar surface area (TPSA) is 52.6 Å². The predicted molar refractivity (Wildman–Crippen MR) is 117 cm³/mol. The summed E-state index contributed by atoms with van der Waals surface area (Å²) in [5.74, 6) is 0.838. The van der Waals surface area contributed by atoms with E-state index < -0.39 is 0 Å². The second-order valence-electron chi connectivity index (χ2n) is 5.75. The standard InChI is InChI=1S/C19H27N5.HI/c1-4-20-19(22-14-12-17-7-5-6-13-21-17)23-15-16-8-10-18(11-9-16)24(2)3;/h5-11,13H,4,12,14-15H2,1-3H3,(H2,20,22,23);1H. The van der Waals surface area contributed by atoms with Gasteiger partial charge in [0.2, 0.25) is 0 Å². The van der Waals surface area contributed by atoms with Gasteiger partial charge in [-0.15, -0.1) is 24.0 Å². The number of hydrogen-bond acceptors (Lipinski definition) is 3. The van der Waals surface area contributed by atoms with E-state index in [1.807, 2.05) is 38.5 Å². The van der Waals surface area contributed by atoms with Gasteiger partial charge < -0.3 is 15.5 Å². The van der Waals surface area contributed by atoms with Crippen LogP contribution in [0.25, 0.3) is 0 Å². The highest BCUT2D eigenvalue weighted by molar-refractivity contribution is 14.0. The Hall–Kier alpha value is -1.83. The van der Waals surface area contributed by atoms with Gasteiger partial charge in [0.05, 0.1) is 6.54 Å². The largest absolute Gasteiger partial charge is 0.378 e. The highest BCUT2D eigenvalue weighted by Gasteiger charge is 2.00. The van der Waals surface area contributed by atoms with Gasteiger partial charge in [0.1, 0.15) is 0 Å². The molecule has 2 rings (SSSR count). The predicted octanol–water partition coefficient (Wildman–Crippen LogP) is 3.06. The number of halogens is 1. The minimum absolute atomic E-state index is 0. The van der Waals surface area contributed by atoms with Crippen LogP contribution in [0.1, 0.15) is 18.2 Å². The van der Waals surface area contributed by atoms with Crippen LogP contribution < -0.4 is 15.5 Å². The lowest BCUT2D eigenvalue weighted by Gasteiger charge is -2.13. The number of aromatic nitrogens is 1. The summed E-state index contributed by atoms with van der Waals surface area (Å²) in [4.78, 5) is 11.1. The molecule has 1 heterocycles. The quantitative estimate of drug-likeness (QED) is 0.385. The molecule has 6 heteroatoms. The number of nitrogens with zero attached hydrogens (tertiary/aromatic N) is 3. The van der Waals surface area contributed by atoms with Crippen LogP contribution in [0.2, 0.25) is 0 Å². The maximum Gasteiger partial charge on any atom is 0.191 e. The van der Waals surface area contributed by atoms with Crippen LogP contribution in [-0.4, -0.2) is 38.1 Å². The molecule has 0 amide bonds. The monoisotopic (exact) mass is 453 g/mol. The van der Waals surface area contributed by atoms with E-state index in [-0.39, 0.29) is 24.0 Å². The molecule has 0 saturated heterocycles. The van der Waals surface area contributed by atoms with Crippen LogP contribution >= 0.6 is 24.0 Å². The van der Waals surface area contributed by atoms with E-state index in [9.17, 15) is 0 Å². The molecule has 0 atom stereocenters. The molecule has 0 unspecified atom stereocenters. The number of guanidine groups is 1. The zero-order valence-corrected chi connectivity index (χ0v) is 17.5. The Balaban J connectivity index is 0.00000312. The van der Waals surface area contributed by atoms with E-state index in [1.165, 1.54) is 11.3 Å². The molecular weight excluding hydrogens is 425 g/mol. The maximum absolute atomic E-state index is 4.65. The van der Waals surface area contributed by atoms with Crippen LogP contribution in [0.4, 0.5) is 5.69 Å². The summed E-state index contributed by atoms with van der Waals surface area (Å²) in [7, 11) is 4.09. The van der Waals surface area contributed by atoms with Crippen LogP contribution in [0, 0.1) is 0 Å². The number of pyridine rings is 1. The molecule has 0 aliphatic carbocycles. The number of anilines is 1. The molecule has 0 radical (unpaired) electrons. The molecule has 136 valence electrons. The number of aliphatic imine (C=N–C) groups is 1. The Bertz CT molecular complexity index is 626. The molecule has 0 fully saturated rings. The third kappa shape index (κ3) is 7.72. The summed E-state index contributed by atoms with van der Waals surface area (Å²) in [5.41, 5.74) is 3.48. The molecule has 2 aromatic rings. The SMILES string of the molecule is CCNC(=NCc1ccc(N(C)C)cc1)NCCc1ccccn1.I. The Morgan fingerprint density at radius 3 is 2.44 bits per heavy atom. The summed E-state index contributed by atoms with van der Waals surface area (Å²) in [6, 6.07) is 14.5. The van der Waals surface area contributed by atoms with Crippen molar-refractivity contribution in [1.29, 1.82) is 0 Å². The smallest absolute Gasteiger partial charge is 0.191 e. The molecule has 2 N–H and O–H groups in total. The normalized spacial score (nSPS) is 10.8. The second kappa shape index (κ2) is 11.7. The lowest BCUT2D eigenvalue weighted by atomic mass is 10.2. The van der Waals surface area contributed by atoms with Crippen molar-refractivity contribution in [2.45, 2.75) is 19.9 Å². The van der Waals surface area contributed by atoms with Gasteiger partial charge >= 0.3 is 0 Å². The molecule has 5 nitrogen and oxygen atoms in total. The van der Waals surface area contributed by atoms with Crippen molar-refractivity contribution in [2.24, 2.45) is 4.99 Å². The van der Waals surface area contributed by atoms with Crippen LogP contribution in [0.15, 0.2) is 53.7 Å². The third-order valence-corrected chi connectivity index (χ3v) is 3.62. The van der Waals surface area contributed by atoms with E-state index in [1.54, 1.807) is 0 Å². The fourth-order valence-corrected chi connectivity index (χ4v) is 2.27. The van der Waals surface area contributed by atoms with Gasteiger partial charge in [-0.1, -0.05) is 18.2 Å².